The molecule has 1 rings (SSSR count). The van der Waals surface area contributed by atoms with E-state index in [0.717, 1.165) is 18.2 Å². The Bertz CT molecular complexity index is 887. The lowest BCUT2D eigenvalue weighted by Gasteiger charge is -2.17. The van der Waals surface area contributed by atoms with Crippen LogP contribution in [0.2, 0.25) is 0 Å². The summed E-state index contributed by atoms with van der Waals surface area (Å²) >= 11 is 0. The number of aliphatic hydroxyl groups excluding tert-OH is 1. The molecule has 0 aliphatic carbocycles. The van der Waals surface area contributed by atoms with E-state index >= 15 is 0 Å². The summed E-state index contributed by atoms with van der Waals surface area (Å²) in [6.07, 6.45) is -0.213. The Hall–Kier alpha value is -3.65. The van der Waals surface area contributed by atoms with Gasteiger partial charge in [-0.25, -0.2) is 4.79 Å². The Labute approximate surface area is 179 Å². The molecule has 0 heterocycles. The lowest BCUT2D eigenvalue weighted by Crippen LogP contribution is -2.31. The lowest BCUT2D eigenvalue weighted by molar-refractivity contribution is -0.385. The first-order valence-electron chi connectivity index (χ1n) is 9.63. The number of phenolic OH excluding ortho intramolecular Hbond substituents is 1. The minimum Gasteiger partial charge on any atom is -0.499 e. The number of nitriles is 1. The van der Waals surface area contributed by atoms with Crippen LogP contribution in [0.1, 0.15) is 39.2 Å². The van der Waals surface area contributed by atoms with Crippen molar-refractivity contribution in [3.8, 4) is 17.6 Å². The highest BCUT2D eigenvalue weighted by Crippen LogP contribution is 2.38. The topological polar surface area (TPSA) is 163 Å². The quantitative estimate of drug-likeness (QED) is 0.140. The zero-order valence-corrected chi connectivity index (χ0v) is 17.5. The number of aliphatic hydroxyl groups is 1. The molecule has 0 aliphatic heterocycles. The van der Waals surface area contributed by atoms with E-state index in [1.54, 1.807) is 26.8 Å². The highest BCUT2D eigenvalue weighted by atomic mass is 16.7. The fourth-order valence-corrected chi connectivity index (χ4v) is 2.64. The Kier molecular flexibility index (Phi) is 9.94. The number of amides is 1. The monoisotopic (exact) mass is 435 g/mol. The van der Waals surface area contributed by atoms with Crippen molar-refractivity contribution in [3.63, 3.8) is 0 Å². The SMILES string of the molecule is CCC(CCO)OC(=O)Oc1cc(C=C(C#N)C(=O)N(CC)CC)cc([N+](=O)[O-])c1O. The van der Waals surface area contributed by atoms with E-state index in [1.165, 1.54) is 4.90 Å². The molecule has 11 heteroatoms. The number of hydrogen-bond acceptors (Lipinski definition) is 9. The molecule has 168 valence electrons. The normalized spacial score (nSPS) is 11.9. The Balaban J connectivity index is 3.34. The maximum absolute atomic E-state index is 12.4. The van der Waals surface area contributed by atoms with Gasteiger partial charge in [0.15, 0.2) is 5.75 Å². The largest absolute Gasteiger partial charge is 0.514 e. The molecular formula is C20H25N3O8. The van der Waals surface area contributed by atoms with Crippen molar-refractivity contribution in [1.82, 2.24) is 4.90 Å². The number of nitro benzene ring substituents is 1. The second kappa shape index (κ2) is 12.1. The number of hydrogen-bond donors (Lipinski definition) is 2. The van der Waals surface area contributed by atoms with Crippen LogP contribution in [-0.4, -0.2) is 57.9 Å². The van der Waals surface area contributed by atoms with Crippen molar-refractivity contribution in [3.05, 3.63) is 33.4 Å². The van der Waals surface area contributed by atoms with E-state index in [2.05, 4.69) is 0 Å². The number of nitrogens with zero attached hydrogens (tertiary/aromatic N) is 3. The smallest absolute Gasteiger partial charge is 0.499 e. The molecule has 1 unspecified atom stereocenters. The summed E-state index contributed by atoms with van der Waals surface area (Å²) in [5.74, 6) is -2.06. The third kappa shape index (κ3) is 6.97. The number of likely N-dealkylation sites (N-methyl/N-ethyl adjacent to an activating group) is 1. The molecule has 0 aliphatic rings. The third-order valence-electron chi connectivity index (χ3n) is 4.35. The Morgan fingerprint density at radius 2 is 1.97 bits per heavy atom. The van der Waals surface area contributed by atoms with Crippen LogP contribution in [0.5, 0.6) is 11.5 Å². The average Bonchev–Trinajstić information content (AvgIpc) is 2.74. The molecular weight excluding hydrogens is 410 g/mol. The molecule has 0 fully saturated rings. The average molecular weight is 435 g/mol. The molecule has 11 nitrogen and oxygen atoms in total. The van der Waals surface area contributed by atoms with Crippen LogP contribution < -0.4 is 4.74 Å². The van der Waals surface area contributed by atoms with E-state index < -0.39 is 40.3 Å². The van der Waals surface area contributed by atoms with Crippen LogP contribution in [0.25, 0.3) is 6.08 Å². The summed E-state index contributed by atoms with van der Waals surface area (Å²) in [6, 6.07) is 3.77. The zero-order chi connectivity index (χ0) is 23.6. The van der Waals surface area contributed by atoms with Gasteiger partial charge < -0.3 is 24.6 Å². The van der Waals surface area contributed by atoms with Crippen molar-refractivity contribution in [1.29, 1.82) is 5.26 Å². The number of carbonyl (C=O) groups excluding carboxylic acids is 2. The second-order valence-electron chi connectivity index (χ2n) is 6.30. The molecule has 0 saturated carbocycles. The van der Waals surface area contributed by atoms with Crippen LogP contribution in [0.3, 0.4) is 0 Å². The number of aromatic hydroxyl groups is 1. The van der Waals surface area contributed by atoms with Gasteiger partial charge in [-0.3, -0.25) is 14.9 Å². The molecule has 31 heavy (non-hydrogen) atoms. The van der Waals surface area contributed by atoms with E-state index in [0.29, 0.717) is 19.5 Å². The number of benzene rings is 1. The van der Waals surface area contributed by atoms with Gasteiger partial charge in [0.1, 0.15) is 17.7 Å². The maximum atomic E-state index is 12.4. The molecule has 1 aromatic rings. The van der Waals surface area contributed by atoms with Crippen LogP contribution in [0.15, 0.2) is 17.7 Å². The van der Waals surface area contributed by atoms with Crippen LogP contribution in [-0.2, 0) is 9.53 Å². The fraction of sp³-hybridized carbons (Fsp3) is 0.450. The minimum absolute atomic E-state index is 0.00763. The molecule has 1 aromatic carbocycles. The van der Waals surface area contributed by atoms with Gasteiger partial charge in [0, 0.05) is 32.2 Å². The number of phenols is 1. The molecule has 0 radical (unpaired) electrons. The van der Waals surface area contributed by atoms with Gasteiger partial charge in [-0.15, -0.1) is 0 Å². The van der Waals surface area contributed by atoms with Gasteiger partial charge in [0.2, 0.25) is 5.75 Å². The Morgan fingerprint density at radius 3 is 2.45 bits per heavy atom. The summed E-state index contributed by atoms with van der Waals surface area (Å²) in [7, 11) is 0. The van der Waals surface area contributed by atoms with Crippen molar-refractivity contribution >= 4 is 23.8 Å². The van der Waals surface area contributed by atoms with Crippen LogP contribution >= 0.6 is 0 Å². The van der Waals surface area contributed by atoms with E-state index in [4.69, 9.17) is 14.6 Å². The standard InChI is InChI=1S/C20H25N3O8/c1-4-15(7-8-24)30-20(27)31-17-11-13(10-16(18(17)25)23(28)29)9-14(12-21)19(26)22(5-2)6-3/h9-11,15,24-25H,4-8H2,1-3H3. The molecule has 2 N–H and O–H groups in total. The van der Waals surface area contributed by atoms with Gasteiger partial charge in [0.25, 0.3) is 5.91 Å². The number of ether oxygens (including phenoxy) is 2. The first-order chi connectivity index (χ1) is 14.7. The third-order valence-corrected chi connectivity index (χ3v) is 4.35. The molecule has 1 atom stereocenters. The molecule has 0 spiro atoms. The molecule has 0 saturated heterocycles. The molecule has 1 amide bonds. The van der Waals surface area contributed by atoms with Crippen LogP contribution in [0, 0.1) is 21.4 Å². The predicted octanol–water partition coefficient (Wildman–Crippen LogP) is 2.75. The van der Waals surface area contributed by atoms with E-state index in [1.807, 2.05) is 0 Å². The summed E-state index contributed by atoms with van der Waals surface area (Å²) in [5.41, 5.74) is -1.08. The molecule has 0 bridgehead atoms. The second-order valence-corrected chi connectivity index (χ2v) is 6.30. The van der Waals surface area contributed by atoms with Crippen molar-refractivity contribution in [2.75, 3.05) is 19.7 Å². The highest BCUT2D eigenvalue weighted by Gasteiger charge is 2.24. The molecule has 0 aromatic heterocycles. The fourth-order valence-electron chi connectivity index (χ4n) is 2.64. The van der Waals surface area contributed by atoms with Crippen molar-refractivity contribution in [2.24, 2.45) is 0 Å². The van der Waals surface area contributed by atoms with Gasteiger partial charge >= 0.3 is 11.8 Å². The van der Waals surface area contributed by atoms with Gasteiger partial charge in [-0.05, 0) is 38.0 Å². The maximum Gasteiger partial charge on any atom is 0.514 e. The lowest BCUT2D eigenvalue weighted by atomic mass is 10.1. The number of nitro groups is 1. The summed E-state index contributed by atoms with van der Waals surface area (Å²) in [4.78, 5) is 36.2. The van der Waals surface area contributed by atoms with Crippen molar-refractivity contribution in [2.45, 2.75) is 39.7 Å². The first-order valence-corrected chi connectivity index (χ1v) is 9.63. The zero-order valence-electron chi connectivity index (χ0n) is 17.5. The van der Waals surface area contributed by atoms with E-state index in [-0.39, 0.29) is 24.2 Å². The summed E-state index contributed by atoms with van der Waals surface area (Å²) < 4.78 is 9.93. The van der Waals surface area contributed by atoms with Crippen LogP contribution in [0.4, 0.5) is 10.5 Å². The summed E-state index contributed by atoms with van der Waals surface area (Å²) in [5, 5.41) is 39.7. The Morgan fingerprint density at radius 1 is 1.32 bits per heavy atom. The highest BCUT2D eigenvalue weighted by molar-refractivity contribution is 6.01. The summed E-state index contributed by atoms with van der Waals surface area (Å²) in [6.45, 7) is 5.69. The predicted molar refractivity (Wildman–Crippen MR) is 109 cm³/mol. The van der Waals surface area contributed by atoms with E-state index in [9.17, 15) is 30.1 Å². The van der Waals surface area contributed by atoms with Crippen molar-refractivity contribution < 1.29 is 34.2 Å². The first kappa shape index (κ1) is 25.4. The number of rotatable bonds is 10. The van der Waals surface area contributed by atoms with Gasteiger partial charge in [-0.1, -0.05) is 6.92 Å². The number of carbonyl (C=O) groups is 2. The van der Waals surface area contributed by atoms with Gasteiger partial charge in [-0.2, -0.15) is 5.26 Å². The van der Waals surface area contributed by atoms with Gasteiger partial charge in [0.05, 0.1) is 4.92 Å². The minimum atomic E-state index is -1.23.